The van der Waals surface area contributed by atoms with E-state index in [4.69, 9.17) is 18.9 Å². The van der Waals surface area contributed by atoms with Gasteiger partial charge in [0.2, 0.25) is 0 Å². The normalized spacial score (nSPS) is 16.7. The molecule has 2 N–H and O–H groups in total. The summed E-state index contributed by atoms with van der Waals surface area (Å²) < 4.78 is 24.0. The molecular formula is C36H42N2O5. The average molecular weight is 583 g/mol. The first-order chi connectivity index (χ1) is 21.3. The lowest BCUT2D eigenvalue weighted by atomic mass is 9.87. The number of piperidine rings is 1. The summed E-state index contributed by atoms with van der Waals surface area (Å²) in [4.78, 5) is 4.19. The van der Waals surface area contributed by atoms with Crippen molar-refractivity contribution in [3.63, 3.8) is 0 Å². The second kappa shape index (κ2) is 16.9. The van der Waals surface area contributed by atoms with Crippen LogP contribution in [0.1, 0.15) is 52.3 Å². The van der Waals surface area contributed by atoms with Crippen LogP contribution in [0.25, 0.3) is 0 Å². The van der Waals surface area contributed by atoms with E-state index in [1.54, 1.807) is 6.20 Å². The summed E-state index contributed by atoms with van der Waals surface area (Å²) >= 11 is 0. The van der Waals surface area contributed by atoms with Gasteiger partial charge in [-0.05, 0) is 53.4 Å². The highest BCUT2D eigenvalue weighted by molar-refractivity contribution is 5.31. The second-order valence-electron chi connectivity index (χ2n) is 10.8. The minimum absolute atomic E-state index is 0.0856. The Kier molecular flexibility index (Phi) is 12.1. The molecule has 0 bridgehead atoms. The summed E-state index contributed by atoms with van der Waals surface area (Å²) in [6.45, 7) is 5.16. The molecule has 226 valence electrons. The van der Waals surface area contributed by atoms with Crippen LogP contribution in [0.3, 0.4) is 0 Å². The predicted molar refractivity (Wildman–Crippen MR) is 167 cm³/mol. The molecule has 0 aliphatic carbocycles. The number of rotatable bonds is 16. The molecule has 0 amide bonds. The monoisotopic (exact) mass is 582 g/mol. The lowest BCUT2D eigenvalue weighted by molar-refractivity contribution is 0.0106. The van der Waals surface area contributed by atoms with E-state index in [0.29, 0.717) is 51.3 Å². The fourth-order valence-electron chi connectivity index (χ4n) is 5.27. The van der Waals surface area contributed by atoms with Gasteiger partial charge >= 0.3 is 0 Å². The van der Waals surface area contributed by atoms with Crippen LogP contribution in [0.5, 0.6) is 5.75 Å². The first-order valence-electron chi connectivity index (χ1n) is 15.1. The van der Waals surface area contributed by atoms with Crippen molar-refractivity contribution in [2.24, 2.45) is 0 Å². The van der Waals surface area contributed by atoms with E-state index in [9.17, 15) is 5.11 Å². The van der Waals surface area contributed by atoms with Gasteiger partial charge in [0.05, 0.1) is 58.0 Å². The van der Waals surface area contributed by atoms with Gasteiger partial charge in [0.15, 0.2) is 0 Å². The fourth-order valence-corrected chi connectivity index (χ4v) is 5.27. The van der Waals surface area contributed by atoms with Gasteiger partial charge in [-0.2, -0.15) is 0 Å². The predicted octanol–water partition coefficient (Wildman–Crippen LogP) is 5.94. The Labute approximate surface area is 254 Å². The van der Waals surface area contributed by atoms with E-state index >= 15 is 0 Å². The van der Waals surface area contributed by atoms with Crippen LogP contribution >= 0.6 is 0 Å². The van der Waals surface area contributed by atoms with Crippen LogP contribution in [-0.2, 0) is 47.2 Å². The molecule has 7 nitrogen and oxygen atoms in total. The Morgan fingerprint density at radius 2 is 1.49 bits per heavy atom. The molecule has 1 aliphatic heterocycles. The Balaban J connectivity index is 1.03. The molecule has 2 heterocycles. The van der Waals surface area contributed by atoms with Crippen molar-refractivity contribution in [3.8, 4) is 5.75 Å². The van der Waals surface area contributed by atoms with E-state index in [-0.39, 0.29) is 12.7 Å². The summed E-state index contributed by atoms with van der Waals surface area (Å²) in [6, 6.07) is 30.9. The molecule has 5 rings (SSSR count). The van der Waals surface area contributed by atoms with E-state index in [1.165, 1.54) is 11.1 Å². The number of aliphatic hydroxyl groups excluding tert-OH is 1. The number of aliphatic hydroxyl groups is 1. The molecule has 0 saturated carbocycles. The number of nitrogens with zero attached hydrogens (tertiary/aromatic N) is 1. The maximum absolute atomic E-state index is 9.44. The highest BCUT2D eigenvalue weighted by Gasteiger charge is 2.27. The number of hydrogen-bond donors (Lipinski definition) is 2. The molecule has 1 aliphatic rings. The highest BCUT2D eigenvalue weighted by Crippen LogP contribution is 2.30. The van der Waals surface area contributed by atoms with Crippen molar-refractivity contribution >= 4 is 0 Å². The first kappa shape index (κ1) is 30.9. The summed E-state index contributed by atoms with van der Waals surface area (Å²) in [5, 5.41) is 12.9. The number of nitrogens with one attached hydrogen (secondary N) is 1. The van der Waals surface area contributed by atoms with E-state index < -0.39 is 0 Å². The minimum atomic E-state index is -0.0856. The van der Waals surface area contributed by atoms with Gasteiger partial charge in [-0.1, -0.05) is 72.8 Å². The number of ether oxygens (including phenoxy) is 4. The maximum Gasteiger partial charge on any atom is 0.119 e. The SMILES string of the molecule is OCc1ncccc1COCc1ccc(COC2CNCCC2c2ccc(OCCCOCc3ccccc3)cc2)cc1. The van der Waals surface area contributed by atoms with Crippen molar-refractivity contribution in [1.29, 1.82) is 0 Å². The Hall–Kier alpha value is -3.59. The molecule has 7 heteroatoms. The zero-order valence-electron chi connectivity index (χ0n) is 24.7. The largest absolute Gasteiger partial charge is 0.494 e. The van der Waals surface area contributed by atoms with Crippen LogP contribution in [-0.4, -0.2) is 42.5 Å². The zero-order chi connectivity index (χ0) is 29.5. The maximum atomic E-state index is 9.44. The molecule has 0 spiro atoms. The van der Waals surface area contributed by atoms with E-state index in [1.807, 2.05) is 30.3 Å². The van der Waals surface area contributed by atoms with Gasteiger partial charge in [0.25, 0.3) is 0 Å². The standard InChI is InChI=1S/C36H42N2O5/c39-23-35-32(8-4-18-38-35)27-41-25-29-9-11-30(12-10-29)26-43-36-22-37-19-17-34(36)31-13-15-33(16-14-31)42-21-5-20-40-24-28-6-2-1-3-7-28/h1-4,6-16,18,34,36-37,39H,5,17,19-27H2. The molecule has 2 unspecified atom stereocenters. The highest BCUT2D eigenvalue weighted by atomic mass is 16.5. The second-order valence-corrected chi connectivity index (χ2v) is 10.8. The Bertz CT molecular complexity index is 1350. The molecular weight excluding hydrogens is 540 g/mol. The molecule has 1 aromatic heterocycles. The van der Waals surface area contributed by atoms with Gasteiger partial charge in [0.1, 0.15) is 5.75 Å². The van der Waals surface area contributed by atoms with Gasteiger partial charge in [-0.3, -0.25) is 4.98 Å². The van der Waals surface area contributed by atoms with Crippen molar-refractivity contribution < 1.29 is 24.1 Å². The van der Waals surface area contributed by atoms with Crippen LogP contribution in [0.15, 0.2) is 97.2 Å². The lowest BCUT2D eigenvalue weighted by Gasteiger charge is -2.32. The Morgan fingerprint density at radius 1 is 0.744 bits per heavy atom. The number of benzene rings is 3. The number of aromatic nitrogens is 1. The van der Waals surface area contributed by atoms with E-state index in [0.717, 1.165) is 48.4 Å². The molecule has 4 aromatic rings. The third kappa shape index (κ3) is 9.71. The molecule has 1 fully saturated rings. The molecule has 3 aromatic carbocycles. The van der Waals surface area contributed by atoms with Crippen molar-refractivity contribution in [2.75, 3.05) is 26.3 Å². The number of pyridine rings is 1. The van der Waals surface area contributed by atoms with Gasteiger partial charge in [0, 0.05) is 30.6 Å². The van der Waals surface area contributed by atoms with Crippen LogP contribution in [0, 0.1) is 0 Å². The van der Waals surface area contributed by atoms with E-state index in [2.05, 4.69) is 71.0 Å². The molecule has 2 atom stereocenters. The third-order valence-electron chi connectivity index (χ3n) is 7.70. The van der Waals surface area contributed by atoms with Crippen LogP contribution in [0.2, 0.25) is 0 Å². The first-order valence-corrected chi connectivity index (χ1v) is 15.1. The minimum Gasteiger partial charge on any atom is -0.494 e. The van der Waals surface area contributed by atoms with Crippen LogP contribution in [0.4, 0.5) is 0 Å². The topological polar surface area (TPSA) is 82.1 Å². The molecule has 0 radical (unpaired) electrons. The quantitative estimate of drug-likeness (QED) is 0.158. The van der Waals surface area contributed by atoms with Crippen molar-refractivity contribution in [2.45, 2.75) is 57.9 Å². The average Bonchev–Trinajstić information content (AvgIpc) is 3.07. The van der Waals surface area contributed by atoms with Crippen LogP contribution < -0.4 is 10.1 Å². The van der Waals surface area contributed by atoms with Gasteiger partial charge < -0.3 is 29.4 Å². The Morgan fingerprint density at radius 3 is 2.28 bits per heavy atom. The van der Waals surface area contributed by atoms with Gasteiger partial charge in [-0.15, -0.1) is 0 Å². The van der Waals surface area contributed by atoms with Gasteiger partial charge in [-0.25, -0.2) is 0 Å². The molecule has 1 saturated heterocycles. The summed E-state index contributed by atoms with van der Waals surface area (Å²) in [5.74, 6) is 1.22. The zero-order valence-corrected chi connectivity index (χ0v) is 24.7. The van der Waals surface area contributed by atoms with Crippen molar-refractivity contribution in [1.82, 2.24) is 10.3 Å². The summed E-state index contributed by atoms with van der Waals surface area (Å²) in [6.07, 6.45) is 3.67. The molecule has 43 heavy (non-hydrogen) atoms. The summed E-state index contributed by atoms with van der Waals surface area (Å²) in [5.41, 5.74) is 6.28. The fraction of sp³-hybridized carbons (Fsp3) is 0.361. The lowest BCUT2D eigenvalue weighted by Crippen LogP contribution is -2.40. The number of hydrogen-bond acceptors (Lipinski definition) is 7. The smallest absolute Gasteiger partial charge is 0.119 e. The summed E-state index contributed by atoms with van der Waals surface area (Å²) in [7, 11) is 0. The van der Waals surface area contributed by atoms with Crippen molar-refractivity contribution in [3.05, 3.63) is 131 Å². The third-order valence-corrected chi connectivity index (χ3v) is 7.70.